The Morgan fingerprint density at radius 1 is 0.580 bits per heavy atom. The molecule has 272 valence electrons. The first-order valence-corrected chi connectivity index (χ1v) is 20.9. The molecule has 3 unspecified atom stereocenters. The van der Waals surface area contributed by atoms with Crippen LogP contribution in [0.2, 0.25) is 0 Å². The molecule has 2 N–H and O–H groups in total. The van der Waals surface area contributed by atoms with E-state index >= 15 is 0 Å². The minimum atomic E-state index is -2.15. The summed E-state index contributed by atoms with van der Waals surface area (Å²) in [6, 6.07) is 26.2. The fourth-order valence-electron chi connectivity index (χ4n) is 6.28. The topological polar surface area (TPSA) is 58.9 Å². The van der Waals surface area contributed by atoms with E-state index in [1.807, 2.05) is 60.7 Å². The van der Waals surface area contributed by atoms with Gasteiger partial charge in [-0.2, -0.15) is 0 Å². The maximum atomic E-state index is 12.1. The molecular formula is C44H62O4P2. The summed E-state index contributed by atoms with van der Waals surface area (Å²) >= 11 is 0. The molecule has 50 heavy (non-hydrogen) atoms. The Balaban J connectivity index is 2.17. The quantitative estimate of drug-likeness (QED) is 0.121. The van der Waals surface area contributed by atoms with E-state index in [-0.39, 0.29) is 16.2 Å². The maximum absolute atomic E-state index is 12.1. The molecule has 4 nitrogen and oxygen atoms in total. The van der Waals surface area contributed by atoms with Gasteiger partial charge in [0.05, 0.1) is 5.92 Å². The summed E-state index contributed by atoms with van der Waals surface area (Å²) in [5.74, 6) is -2.00. The zero-order valence-corrected chi connectivity index (χ0v) is 34.5. The van der Waals surface area contributed by atoms with Crippen LogP contribution in [0.4, 0.5) is 0 Å². The Morgan fingerprint density at radius 2 is 0.980 bits per heavy atom. The summed E-state index contributed by atoms with van der Waals surface area (Å²) in [6.07, 6.45) is 8.30. The zero-order valence-electron chi connectivity index (χ0n) is 32.7. The Labute approximate surface area is 306 Å². The highest BCUT2D eigenvalue weighted by Crippen LogP contribution is 2.61. The van der Waals surface area contributed by atoms with Crippen molar-refractivity contribution < 1.29 is 18.8 Å². The van der Waals surface area contributed by atoms with Crippen LogP contribution in [0.5, 0.6) is 0 Å². The van der Waals surface area contributed by atoms with Crippen LogP contribution in [0.25, 0.3) is 0 Å². The molecule has 3 aromatic rings. The van der Waals surface area contributed by atoms with Crippen LogP contribution in [-0.4, -0.2) is 15.6 Å². The summed E-state index contributed by atoms with van der Waals surface area (Å²) < 4.78 is 14.3. The molecule has 6 heteroatoms. The zero-order chi connectivity index (χ0) is 37.1. The van der Waals surface area contributed by atoms with Gasteiger partial charge in [0.25, 0.3) is 0 Å². The third-order valence-corrected chi connectivity index (χ3v) is 14.1. The molecule has 3 atom stereocenters. The van der Waals surface area contributed by atoms with Gasteiger partial charge in [0.2, 0.25) is 22.5 Å². The molecule has 1 aliphatic rings. The van der Waals surface area contributed by atoms with Crippen LogP contribution in [0.15, 0.2) is 102 Å². The molecule has 0 saturated carbocycles. The summed E-state index contributed by atoms with van der Waals surface area (Å²) in [4.78, 5) is 24.2. The van der Waals surface area contributed by atoms with Crippen molar-refractivity contribution in [3.8, 4) is 0 Å². The highest BCUT2D eigenvalue weighted by molar-refractivity contribution is 7.55. The van der Waals surface area contributed by atoms with Crippen LogP contribution >= 0.6 is 16.8 Å². The predicted octanol–water partition coefficient (Wildman–Crippen LogP) is 11.9. The number of hydrogen-bond donors (Lipinski definition) is 2. The number of hydrogen-bond acceptors (Lipinski definition) is 4. The summed E-state index contributed by atoms with van der Waals surface area (Å²) in [7, 11) is -4.30. The maximum Gasteiger partial charge on any atom is 0.214 e. The molecule has 1 aliphatic carbocycles. The Morgan fingerprint density at radius 3 is 1.36 bits per heavy atom. The van der Waals surface area contributed by atoms with Crippen molar-refractivity contribution in [2.24, 2.45) is 10.8 Å². The van der Waals surface area contributed by atoms with E-state index in [1.54, 1.807) is 0 Å². The van der Waals surface area contributed by atoms with Gasteiger partial charge >= 0.3 is 0 Å². The van der Waals surface area contributed by atoms with Gasteiger partial charge in [0, 0.05) is 10.6 Å². The van der Waals surface area contributed by atoms with Crippen molar-refractivity contribution in [2.75, 3.05) is 0 Å². The first-order chi connectivity index (χ1) is 23.4. The van der Waals surface area contributed by atoms with Gasteiger partial charge in [-0.1, -0.05) is 150 Å². The second-order valence-corrected chi connectivity index (χ2v) is 19.0. The second-order valence-electron chi connectivity index (χ2n) is 16.5. The lowest BCUT2D eigenvalue weighted by molar-refractivity contribution is -0.101. The monoisotopic (exact) mass is 716 g/mol. The minimum Gasteiger partial charge on any atom is -0.346 e. The van der Waals surface area contributed by atoms with Crippen LogP contribution in [0.3, 0.4) is 0 Å². The molecule has 3 aromatic carbocycles. The molecule has 0 aromatic heterocycles. The largest absolute Gasteiger partial charge is 0.346 e. The SMILES string of the molecule is CCC(C)(C)C1=CC(c2cc(C(C)(C)CC)cc(C(C)(C)CC)c2)C(OP(O)c2ccccc2)(OP(O)c2ccccc2)C(C(C)(C)CC)=C1. The summed E-state index contributed by atoms with van der Waals surface area (Å²) in [5, 5.41) is 1.38. The fraction of sp³-hybridized carbons (Fsp3) is 0.500. The van der Waals surface area contributed by atoms with E-state index in [0.717, 1.165) is 36.8 Å². The molecule has 0 aliphatic heterocycles. The van der Waals surface area contributed by atoms with E-state index in [1.165, 1.54) is 16.7 Å². The molecule has 4 rings (SSSR count). The van der Waals surface area contributed by atoms with Gasteiger partial charge in [0.15, 0.2) is 0 Å². The standard InChI is InChI=1S/C44H62O4P2/c1-13-40(5,6)33-27-32(28-34(29-33)41(7,8)14-2)38-30-35(42(9,10)15-3)31-39(43(11,12)16-4)44(38,47-49(45)36-23-19-17-20-24-36)48-50(46)37-25-21-18-22-26-37/h17-31,38,45-46H,13-16H2,1-12H3. The van der Waals surface area contributed by atoms with Gasteiger partial charge in [0.1, 0.15) is 0 Å². The summed E-state index contributed by atoms with van der Waals surface area (Å²) in [6.45, 7) is 27.2. The number of benzene rings is 3. The fourth-order valence-corrected chi connectivity index (χ4v) is 8.42. The van der Waals surface area contributed by atoms with Crippen LogP contribution < -0.4 is 10.6 Å². The van der Waals surface area contributed by atoms with E-state index in [4.69, 9.17) is 9.05 Å². The average Bonchev–Trinajstić information content (AvgIpc) is 3.11. The second kappa shape index (κ2) is 15.8. The highest BCUT2D eigenvalue weighted by atomic mass is 31.2. The number of rotatable bonds is 15. The van der Waals surface area contributed by atoms with Crippen LogP contribution in [0, 0.1) is 10.8 Å². The molecular weight excluding hydrogens is 654 g/mol. The highest BCUT2D eigenvalue weighted by Gasteiger charge is 2.55. The molecule has 0 radical (unpaired) electrons. The Bertz CT molecular complexity index is 1560. The van der Waals surface area contributed by atoms with Gasteiger partial charge in [-0.15, -0.1) is 0 Å². The lowest BCUT2D eigenvalue weighted by Gasteiger charge is -2.50. The van der Waals surface area contributed by atoms with Gasteiger partial charge in [-0.3, -0.25) is 9.05 Å². The number of allylic oxidation sites excluding steroid dienone is 2. The van der Waals surface area contributed by atoms with Gasteiger partial charge in [-0.05, 0) is 99.4 Å². The predicted molar refractivity (Wildman–Crippen MR) is 215 cm³/mol. The van der Waals surface area contributed by atoms with E-state index < -0.39 is 33.9 Å². The third kappa shape index (κ3) is 8.55. The van der Waals surface area contributed by atoms with Crippen molar-refractivity contribution in [2.45, 2.75) is 131 Å². The van der Waals surface area contributed by atoms with Crippen LogP contribution in [0.1, 0.15) is 131 Å². The smallest absolute Gasteiger partial charge is 0.214 e. The summed E-state index contributed by atoms with van der Waals surface area (Å²) in [5.41, 5.74) is 5.04. The molecule has 0 fully saturated rings. The average molecular weight is 717 g/mol. The normalized spacial score (nSPS) is 20.2. The lowest BCUT2D eigenvalue weighted by atomic mass is 9.65. The molecule has 0 bridgehead atoms. The lowest BCUT2D eigenvalue weighted by Crippen LogP contribution is -2.49. The van der Waals surface area contributed by atoms with E-state index in [2.05, 4.69) is 113 Å². The van der Waals surface area contributed by atoms with Crippen LogP contribution in [-0.2, 0) is 19.9 Å². The van der Waals surface area contributed by atoms with E-state index in [9.17, 15) is 9.79 Å². The minimum absolute atomic E-state index is 0.0779. The van der Waals surface area contributed by atoms with Crippen molar-refractivity contribution in [1.82, 2.24) is 0 Å². The van der Waals surface area contributed by atoms with Crippen molar-refractivity contribution in [1.29, 1.82) is 0 Å². The van der Waals surface area contributed by atoms with Gasteiger partial charge in [-0.25, -0.2) is 0 Å². The van der Waals surface area contributed by atoms with Crippen molar-refractivity contribution in [3.63, 3.8) is 0 Å². The Hall–Kier alpha value is -2.16. The Kier molecular flexibility index (Phi) is 12.9. The molecule has 0 spiro atoms. The first-order valence-electron chi connectivity index (χ1n) is 18.4. The third-order valence-electron chi connectivity index (χ3n) is 11.8. The van der Waals surface area contributed by atoms with Crippen molar-refractivity contribution >= 4 is 27.4 Å². The molecule has 0 saturated heterocycles. The van der Waals surface area contributed by atoms with E-state index in [0.29, 0.717) is 10.6 Å². The first kappa shape index (κ1) is 40.6. The van der Waals surface area contributed by atoms with Gasteiger partial charge < -0.3 is 9.79 Å². The molecule has 0 amide bonds. The van der Waals surface area contributed by atoms with Crippen molar-refractivity contribution in [3.05, 3.63) is 119 Å². The molecule has 0 heterocycles.